The molecule has 0 saturated carbocycles. The number of benzene rings is 1. The monoisotopic (exact) mass is 511 g/mol. The fourth-order valence-corrected chi connectivity index (χ4v) is 4.18. The predicted octanol–water partition coefficient (Wildman–Crippen LogP) is 0.110. The number of anilines is 1. The summed E-state index contributed by atoms with van der Waals surface area (Å²) in [6, 6.07) is -1.97. The normalized spacial score (nSPS) is 22.9. The molecule has 2 aliphatic rings. The molecule has 0 aromatic heterocycles. The van der Waals surface area contributed by atoms with Gasteiger partial charge in [-0.15, -0.1) is 0 Å². The molecule has 1 spiro atoms. The molecule has 1 aromatic rings. The van der Waals surface area contributed by atoms with Crippen LogP contribution in [0.2, 0.25) is 0 Å². The van der Waals surface area contributed by atoms with E-state index in [4.69, 9.17) is 20.9 Å². The van der Waals surface area contributed by atoms with Crippen LogP contribution in [0.4, 0.5) is 14.5 Å². The number of primary amides is 1. The molecular formula is C23H31F2N5O6. The van der Waals surface area contributed by atoms with Crippen molar-refractivity contribution in [2.75, 3.05) is 25.5 Å². The maximum absolute atomic E-state index is 14.2. The Hall–Kier alpha value is -3.32. The summed E-state index contributed by atoms with van der Waals surface area (Å²) in [6.07, 6.45) is -0.366. The Morgan fingerprint density at radius 2 is 1.97 bits per heavy atom. The highest BCUT2D eigenvalue weighted by atomic mass is 19.1. The summed E-state index contributed by atoms with van der Waals surface area (Å²) in [5, 5.41) is 2.34. The number of hydrogen-bond donors (Lipinski definition) is 3. The number of amides is 4. The Morgan fingerprint density at radius 1 is 1.33 bits per heavy atom. The number of nitrogens with one attached hydrogen (secondary N) is 1. The average molecular weight is 512 g/mol. The minimum atomic E-state index is -1.85. The van der Waals surface area contributed by atoms with Crippen LogP contribution in [0.15, 0.2) is 12.1 Å². The first-order chi connectivity index (χ1) is 16.6. The van der Waals surface area contributed by atoms with Crippen LogP contribution in [0.5, 0.6) is 5.75 Å². The average Bonchev–Trinajstić information content (AvgIpc) is 3.14. The number of nitrogens with two attached hydrogens (primary N) is 2. The Kier molecular flexibility index (Phi) is 7.29. The van der Waals surface area contributed by atoms with Gasteiger partial charge >= 0.3 is 0 Å². The summed E-state index contributed by atoms with van der Waals surface area (Å²) in [5.41, 5.74) is 8.41. The summed E-state index contributed by atoms with van der Waals surface area (Å²) in [7, 11) is 1.37. The number of carbonyl (C=O) groups is 4. The molecule has 11 nitrogen and oxygen atoms in total. The molecule has 0 aliphatic carbocycles. The van der Waals surface area contributed by atoms with E-state index in [0.29, 0.717) is 6.07 Å². The number of halogens is 2. The zero-order valence-corrected chi connectivity index (χ0v) is 20.8. The molecule has 198 valence electrons. The minimum Gasteiger partial charge on any atom is -0.473 e. The Labute approximate surface area is 207 Å². The standard InChI is InChI=1S/C23H31F2N5O6/c1-11(26)19(32)29(5)15(9-35-22(2,3)4)20(33)30-10-23(8-14(30)18(27)31)21(34)28-17-13(25)6-12(24)7-16(17)36-23/h6-7,11,14-15H,8-10,26H2,1-5H3,(H2,27,31)(H,28,34)/t11-,14-,15-,23+/m0/s1. The highest BCUT2D eigenvalue weighted by Gasteiger charge is 2.58. The summed E-state index contributed by atoms with van der Waals surface area (Å²) < 4.78 is 39.5. The molecule has 1 aromatic carbocycles. The van der Waals surface area contributed by atoms with Crippen LogP contribution in [-0.4, -0.2) is 83.0 Å². The number of likely N-dealkylation sites (N-methyl/N-ethyl adjacent to an activating group) is 1. The third-order valence-corrected chi connectivity index (χ3v) is 6.08. The highest BCUT2D eigenvalue weighted by molar-refractivity contribution is 6.03. The van der Waals surface area contributed by atoms with Gasteiger partial charge in [-0.05, 0) is 27.7 Å². The number of carbonyl (C=O) groups excluding carboxylic acids is 4. The molecule has 13 heteroatoms. The van der Waals surface area contributed by atoms with E-state index in [1.54, 1.807) is 20.8 Å². The van der Waals surface area contributed by atoms with E-state index in [1.807, 2.05) is 0 Å². The number of likely N-dealkylation sites (tertiary alicyclic amines) is 1. The van der Waals surface area contributed by atoms with Gasteiger partial charge in [0.2, 0.25) is 23.3 Å². The molecule has 36 heavy (non-hydrogen) atoms. The van der Waals surface area contributed by atoms with E-state index in [-0.39, 0.29) is 24.5 Å². The summed E-state index contributed by atoms with van der Waals surface area (Å²) in [4.78, 5) is 53.9. The van der Waals surface area contributed by atoms with Gasteiger partial charge in [0, 0.05) is 25.6 Å². The second kappa shape index (κ2) is 9.62. The SMILES string of the molecule is C[C@H](N)C(=O)N(C)[C@@H](COC(C)(C)C)C(=O)N1C[C@@]2(C[C@H]1C(N)=O)Oc1cc(F)cc(F)c1NC2=O. The maximum atomic E-state index is 14.2. The minimum absolute atomic E-state index is 0.238. The molecule has 2 heterocycles. The second-order valence-electron chi connectivity index (χ2n) is 10.1. The fourth-order valence-electron chi connectivity index (χ4n) is 4.18. The van der Waals surface area contributed by atoms with Gasteiger partial charge in [0.25, 0.3) is 5.91 Å². The van der Waals surface area contributed by atoms with Crippen molar-refractivity contribution >= 4 is 29.3 Å². The van der Waals surface area contributed by atoms with Gasteiger partial charge in [0.15, 0.2) is 11.6 Å². The lowest BCUT2D eigenvalue weighted by Gasteiger charge is -2.36. The Bertz CT molecular complexity index is 1090. The lowest BCUT2D eigenvalue weighted by molar-refractivity contribution is -0.152. The van der Waals surface area contributed by atoms with E-state index in [0.717, 1.165) is 15.9 Å². The molecule has 1 saturated heterocycles. The van der Waals surface area contributed by atoms with Crippen molar-refractivity contribution < 1.29 is 37.4 Å². The van der Waals surface area contributed by atoms with E-state index in [2.05, 4.69) is 5.32 Å². The molecule has 1 fully saturated rings. The molecule has 4 atom stereocenters. The fraction of sp³-hybridized carbons (Fsp3) is 0.565. The Balaban J connectivity index is 1.97. The molecule has 0 bridgehead atoms. The maximum Gasteiger partial charge on any atom is 0.270 e. The number of ether oxygens (including phenoxy) is 2. The van der Waals surface area contributed by atoms with Gasteiger partial charge in [-0.3, -0.25) is 19.2 Å². The third kappa shape index (κ3) is 5.26. The first-order valence-electron chi connectivity index (χ1n) is 11.3. The topological polar surface area (TPSA) is 157 Å². The zero-order valence-electron chi connectivity index (χ0n) is 20.8. The van der Waals surface area contributed by atoms with Crippen LogP contribution < -0.4 is 21.5 Å². The quantitative estimate of drug-likeness (QED) is 0.489. The van der Waals surface area contributed by atoms with Gasteiger partial charge in [-0.25, -0.2) is 8.78 Å². The van der Waals surface area contributed by atoms with Gasteiger partial charge in [-0.1, -0.05) is 0 Å². The molecule has 3 rings (SSSR count). The molecule has 0 radical (unpaired) electrons. The summed E-state index contributed by atoms with van der Waals surface area (Å²) >= 11 is 0. The van der Waals surface area contributed by atoms with E-state index >= 15 is 0 Å². The van der Waals surface area contributed by atoms with Crippen molar-refractivity contribution in [3.8, 4) is 5.75 Å². The third-order valence-electron chi connectivity index (χ3n) is 6.08. The van der Waals surface area contributed by atoms with Crippen LogP contribution >= 0.6 is 0 Å². The zero-order chi connectivity index (χ0) is 27.2. The van der Waals surface area contributed by atoms with Crippen molar-refractivity contribution in [2.45, 2.75) is 63.4 Å². The van der Waals surface area contributed by atoms with Crippen LogP contribution in [0, 0.1) is 11.6 Å². The van der Waals surface area contributed by atoms with Crippen LogP contribution in [0.3, 0.4) is 0 Å². The van der Waals surface area contributed by atoms with Gasteiger partial charge < -0.3 is 36.1 Å². The molecule has 0 unspecified atom stereocenters. The molecule has 4 amide bonds. The lowest BCUT2D eigenvalue weighted by Crippen LogP contribution is -2.58. The van der Waals surface area contributed by atoms with Gasteiger partial charge in [0.05, 0.1) is 24.8 Å². The van der Waals surface area contributed by atoms with Crippen molar-refractivity contribution in [2.24, 2.45) is 11.5 Å². The van der Waals surface area contributed by atoms with E-state index in [1.165, 1.54) is 14.0 Å². The van der Waals surface area contributed by atoms with Crippen molar-refractivity contribution in [3.05, 3.63) is 23.8 Å². The number of hydrogen-bond acceptors (Lipinski definition) is 7. The number of nitrogens with zero attached hydrogens (tertiary/aromatic N) is 2. The molecule has 2 aliphatic heterocycles. The van der Waals surface area contributed by atoms with Crippen LogP contribution in [0.25, 0.3) is 0 Å². The summed E-state index contributed by atoms with van der Waals surface area (Å²) in [6.45, 7) is 6.03. The van der Waals surface area contributed by atoms with Crippen molar-refractivity contribution in [3.63, 3.8) is 0 Å². The summed E-state index contributed by atoms with van der Waals surface area (Å²) in [5.74, 6) is -5.31. The van der Waals surface area contributed by atoms with Crippen molar-refractivity contribution in [1.82, 2.24) is 9.80 Å². The second-order valence-corrected chi connectivity index (χ2v) is 10.1. The smallest absolute Gasteiger partial charge is 0.270 e. The highest BCUT2D eigenvalue weighted by Crippen LogP contribution is 2.42. The number of rotatable bonds is 6. The van der Waals surface area contributed by atoms with Crippen LogP contribution in [0.1, 0.15) is 34.1 Å². The number of fused-ring (bicyclic) bond motifs is 1. The van der Waals surface area contributed by atoms with Crippen LogP contribution in [-0.2, 0) is 23.9 Å². The van der Waals surface area contributed by atoms with Gasteiger partial charge in [-0.2, -0.15) is 0 Å². The van der Waals surface area contributed by atoms with Crippen molar-refractivity contribution in [1.29, 1.82) is 0 Å². The van der Waals surface area contributed by atoms with E-state index in [9.17, 15) is 28.0 Å². The first-order valence-corrected chi connectivity index (χ1v) is 11.3. The largest absolute Gasteiger partial charge is 0.473 e. The van der Waals surface area contributed by atoms with Gasteiger partial charge in [0.1, 0.15) is 23.6 Å². The predicted molar refractivity (Wildman–Crippen MR) is 124 cm³/mol. The first kappa shape index (κ1) is 27.3. The Morgan fingerprint density at radius 3 is 2.53 bits per heavy atom. The molecular weight excluding hydrogens is 480 g/mol. The van der Waals surface area contributed by atoms with E-state index < -0.39 is 71.1 Å². The molecule has 5 N–H and O–H groups in total. The lowest BCUT2D eigenvalue weighted by atomic mass is 9.96.